The number of nitrogens with zero attached hydrogens (tertiary/aromatic N) is 3. The first kappa shape index (κ1) is 18.7. The van der Waals surface area contributed by atoms with Gasteiger partial charge >= 0.3 is 0 Å². The molecule has 2 aromatic rings. The molecular weight excluding hydrogens is 368 g/mol. The van der Waals surface area contributed by atoms with Crippen LogP contribution in [-0.2, 0) is 14.8 Å². The highest BCUT2D eigenvalue weighted by atomic mass is 32.2. The molecule has 0 saturated carbocycles. The first-order valence-corrected chi connectivity index (χ1v) is 10.6. The molecule has 2 rings (SSSR count). The molecule has 24 heavy (non-hydrogen) atoms. The van der Waals surface area contributed by atoms with Crippen molar-refractivity contribution in [1.82, 2.24) is 10.2 Å². The van der Waals surface area contributed by atoms with E-state index in [1.807, 2.05) is 13.8 Å². The van der Waals surface area contributed by atoms with Crippen LogP contribution in [0.3, 0.4) is 0 Å². The molecule has 0 fully saturated rings. The molecule has 0 atom stereocenters. The minimum absolute atomic E-state index is 0.324. The number of aromatic nitrogens is 2. The molecule has 0 saturated heterocycles. The zero-order chi connectivity index (χ0) is 17.7. The number of carbonyl (C=O) groups is 1. The number of amides is 1. The molecule has 0 aliphatic rings. The van der Waals surface area contributed by atoms with Gasteiger partial charge in [0.15, 0.2) is 4.34 Å². The Morgan fingerprint density at radius 2 is 1.96 bits per heavy atom. The van der Waals surface area contributed by atoms with E-state index < -0.39 is 15.9 Å². The van der Waals surface area contributed by atoms with Crippen LogP contribution in [0.5, 0.6) is 0 Å². The predicted molar refractivity (Wildman–Crippen MR) is 98.2 cm³/mol. The van der Waals surface area contributed by atoms with Crippen LogP contribution < -0.4 is 9.62 Å². The molecule has 1 N–H and O–H groups in total. The van der Waals surface area contributed by atoms with Gasteiger partial charge in [-0.1, -0.05) is 55.1 Å². The van der Waals surface area contributed by atoms with Crippen LogP contribution in [-0.4, -0.2) is 42.6 Å². The van der Waals surface area contributed by atoms with Crippen molar-refractivity contribution in [3.05, 3.63) is 30.3 Å². The fraction of sp³-hybridized carbons (Fsp3) is 0.357. The largest absolute Gasteiger partial charge is 0.299 e. The second-order valence-electron chi connectivity index (χ2n) is 5.19. The van der Waals surface area contributed by atoms with Crippen LogP contribution in [0.25, 0.3) is 0 Å². The summed E-state index contributed by atoms with van der Waals surface area (Å²) >= 11 is 2.81. The van der Waals surface area contributed by atoms with E-state index in [0.717, 1.165) is 14.9 Å². The Balaban J connectivity index is 2.07. The average Bonchev–Trinajstić information content (AvgIpc) is 2.90. The SMILES string of the molecule is CC(C)Sc1nnc(NC(=O)CN(c2ccccc2)S(C)(=O)=O)s1. The molecule has 0 spiro atoms. The summed E-state index contributed by atoms with van der Waals surface area (Å²) in [7, 11) is -3.58. The van der Waals surface area contributed by atoms with Crippen LogP contribution >= 0.6 is 23.1 Å². The fourth-order valence-corrected chi connectivity index (χ4v) is 4.64. The van der Waals surface area contributed by atoms with Gasteiger partial charge in [0.05, 0.1) is 11.9 Å². The van der Waals surface area contributed by atoms with Crippen molar-refractivity contribution in [2.75, 3.05) is 22.4 Å². The number of rotatable bonds is 7. The Hall–Kier alpha value is -1.65. The lowest BCUT2D eigenvalue weighted by molar-refractivity contribution is -0.114. The summed E-state index contributed by atoms with van der Waals surface area (Å²) < 4.78 is 25.7. The molecule has 0 radical (unpaired) electrons. The molecule has 10 heteroatoms. The van der Waals surface area contributed by atoms with E-state index >= 15 is 0 Å². The number of anilines is 2. The van der Waals surface area contributed by atoms with Crippen LogP contribution in [0.1, 0.15) is 13.8 Å². The average molecular weight is 387 g/mol. The molecule has 1 amide bonds. The van der Waals surface area contributed by atoms with Crippen LogP contribution in [0.15, 0.2) is 34.7 Å². The highest BCUT2D eigenvalue weighted by molar-refractivity contribution is 8.01. The second kappa shape index (κ2) is 7.95. The smallest absolute Gasteiger partial charge is 0.246 e. The van der Waals surface area contributed by atoms with E-state index in [1.54, 1.807) is 42.1 Å². The Bertz CT molecular complexity index is 791. The Morgan fingerprint density at radius 1 is 1.29 bits per heavy atom. The van der Waals surface area contributed by atoms with Gasteiger partial charge in [-0.05, 0) is 12.1 Å². The van der Waals surface area contributed by atoms with Crippen molar-refractivity contribution in [3.63, 3.8) is 0 Å². The molecule has 0 aliphatic carbocycles. The van der Waals surface area contributed by atoms with E-state index in [4.69, 9.17) is 0 Å². The zero-order valence-electron chi connectivity index (χ0n) is 13.5. The number of hydrogen-bond acceptors (Lipinski definition) is 7. The van der Waals surface area contributed by atoms with E-state index in [2.05, 4.69) is 15.5 Å². The Morgan fingerprint density at radius 3 is 2.54 bits per heavy atom. The first-order chi connectivity index (χ1) is 11.3. The molecular formula is C14H18N4O3S3. The zero-order valence-corrected chi connectivity index (χ0v) is 15.9. The van der Waals surface area contributed by atoms with Gasteiger partial charge in [0.25, 0.3) is 0 Å². The monoisotopic (exact) mass is 386 g/mol. The Labute approximate surface area is 149 Å². The fourth-order valence-electron chi connectivity index (χ4n) is 1.79. The lowest BCUT2D eigenvalue weighted by atomic mass is 10.3. The molecule has 1 heterocycles. The van der Waals surface area contributed by atoms with E-state index in [1.165, 1.54) is 11.3 Å². The highest BCUT2D eigenvalue weighted by Crippen LogP contribution is 2.28. The maximum Gasteiger partial charge on any atom is 0.246 e. The summed E-state index contributed by atoms with van der Waals surface area (Å²) in [6.45, 7) is 3.75. The van der Waals surface area contributed by atoms with Crippen molar-refractivity contribution in [3.8, 4) is 0 Å². The number of benzene rings is 1. The molecule has 0 unspecified atom stereocenters. The maximum absolute atomic E-state index is 12.2. The molecule has 7 nitrogen and oxygen atoms in total. The van der Waals surface area contributed by atoms with Crippen LogP contribution in [0, 0.1) is 0 Å². The van der Waals surface area contributed by atoms with Crippen LogP contribution in [0.4, 0.5) is 10.8 Å². The lowest BCUT2D eigenvalue weighted by Gasteiger charge is -2.21. The van der Waals surface area contributed by atoms with E-state index in [9.17, 15) is 13.2 Å². The number of para-hydroxylation sites is 1. The van der Waals surface area contributed by atoms with Crippen molar-refractivity contribution < 1.29 is 13.2 Å². The predicted octanol–water partition coefficient (Wildman–Crippen LogP) is 2.44. The van der Waals surface area contributed by atoms with Gasteiger partial charge in [0.2, 0.25) is 21.1 Å². The second-order valence-corrected chi connectivity index (χ2v) is 9.90. The number of hydrogen-bond donors (Lipinski definition) is 1. The van der Waals surface area contributed by atoms with Gasteiger partial charge in [0.1, 0.15) is 6.54 Å². The summed E-state index contributed by atoms with van der Waals surface area (Å²) in [4.78, 5) is 12.2. The molecule has 0 aliphatic heterocycles. The number of carbonyl (C=O) groups excluding carboxylic acids is 1. The van der Waals surface area contributed by atoms with Crippen molar-refractivity contribution >= 4 is 49.8 Å². The first-order valence-electron chi connectivity index (χ1n) is 7.08. The van der Waals surface area contributed by atoms with E-state index in [-0.39, 0.29) is 6.54 Å². The lowest BCUT2D eigenvalue weighted by Crippen LogP contribution is -2.37. The summed E-state index contributed by atoms with van der Waals surface area (Å²) in [6.07, 6.45) is 1.07. The minimum atomic E-state index is -3.58. The van der Waals surface area contributed by atoms with Gasteiger partial charge in [-0.15, -0.1) is 10.2 Å². The topological polar surface area (TPSA) is 92.3 Å². The van der Waals surface area contributed by atoms with Crippen molar-refractivity contribution in [1.29, 1.82) is 0 Å². The van der Waals surface area contributed by atoms with Crippen molar-refractivity contribution in [2.24, 2.45) is 0 Å². The minimum Gasteiger partial charge on any atom is -0.299 e. The van der Waals surface area contributed by atoms with E-state index in [0.29, 0.717) is 16.1 Å². The van der Waals surface area contributed by atoms with Gasteiger partial charge in [-0.3, -0.25) is 14.4 Å². The maximum atomic E-state index is 12.2. The molecule has 1 aromatic carbocycles. The van der Waals surface area contributed by atoms with Crippen LogP contribution in [0.2, 0.25) is 0 Å². The highest BCUT2D eigenvalue weighted by Gasteiger charge is 2.21. The van der Waals surface area contributed by atoms with Gasteiger partial charge in [-0.25, -0.2) is 8.42 Å². The summed E-state index contributed by atoms with van der Waals surface area (Å²) in [5, 5.41) is 11.2. The third kappa shape index (κ3) is 5.46. The number of nitrogens with one attached hydrogen (secondary N) is 1. The van der Waals surface area contributed by atoms with Gasteiger partial charge in [-0.2, -0.15) is 0 Å². The quantitative estimate of drug-likeness (QED) is 0.580. The summed E-state index contributed by atoms with van der Waals surface area (Å²) in [6, 6.07) is 8.48. The molecule has 1 aromatic heterocycles. The third-order valence-corrected chi connectivity index (χ3v) is 5.79. The summed E-state index contributed by atoms with van der Waals surface area (Å²) in [5.41, 5.74) is 0.434. The number of thioether (sulfide) groups is 1. The standard InChI is InChI=1S/C14H18N4O3S3/c1-10(2)22-14-17-16-13(23-14)15-12(19)9-18(24(3,20)21)11-7-5-4-6-8-11/h4-8,10H,9H2,1-3H3,(H,15,16,19). The third-order valence-electron chi connectivity index (χ3n) is 2.72. The van der Waals surface area contributed by atoms with Gasteiger partial charge in [0, 0.05) is 5.25 Å². The summed E-state index contributed by atoms with van der Waals surface area (Å²) in [5.74, 6) is -0.471. The molecule has 130 valence electrons. The Kier molecular flexibility index (Phi) is 6.19. The normalized spacial score (nSPS) is 11.5. The number of sulfonamides is 1. The van der Waals surface area contributed by atoms with Gasteiger partial charge < -0.3 is 0 Å². The van der Waals surface area contributed by atoms with Crippen molar-refractivity contribution in [2.45, 2.75) is 23.4 Å². The molecule has 0 bridgehead atoms.